The minimum absolute atomic E-state index is 0.114. The van der Waals surface area contributed by atoms with Crippen LogP contribution in [-0.4, -0.2) is 23.3 Å². The van der Waals surface area contributed by atoms with Crippen LogP contribution in [0, 0.1) is 0 Å². The maximum atomic E-state index is 12.0. The van der Waals surface area contributed by atoms with Crippen LogP contribution in [0.4, 0.5) is 10.5 Å². The Kier molecular flexibility index (Phi) is 6.40. The molecule has 0 saturated carbocycles. The SMILES string of the molecule is CCC(C)(CO)NC(=O)Nc1cccc(COCc2ccco2)c1. The molecule has 2 rings (SSSR count). The lowest BCUT2D eigenvalue weighted by Crippen LogP contribution is -2.50. The van der Waals surface area contributed by atoms with E-state index in [1.165, 1.54) is 0 Å². The van der Waals surface area contributed by atoms with Gasteiger partial charge in [0.1, 0.15) is 12.4 Å². The molecule has 0 bridgehead atoms. The van der Waals surface area contributed by atoms with Crippen LogP contribution in [-0.2, 0) is 18.0 Å². The first-order chi connectivity index (χ1) is 11.5. The molecule has 2 aromatic rings. The van der Waals surface area contributed by atoms with Gasteiger partial charge in [0.25, 0.3) is 0 Å². The summed E-state index contributed by atoms with van der Waals surface area (Å²) in [5, 5.41) is 14.9. The number of aliphatic hydroxyl groups excluding tert-OH is 1. The smallest absolute Gasteiger partial charge is 0.319 e. The first-order valence-electron chi connectivity index (χ1n) is 7.94. The molecule has 6 nitrogen and oxygen atoms in total. The van der Waals surface area contributed by atoms with Crippen molar-refractivity contribution in [2.24, 2.45) is 0 Å². The van der Waals surface area contributed by atoms with Gasteiger partial charge in [0, 0.05) is 5.69 Å². The Morgan fingerprint density at radius 1 is 1.29 bits per heavy atom. The molecule has 0 radical (unpaired) electrons. The molecule has 0 aliphatic carbocycles. The number of carbonyl (C=O) groups excluding carboxylic acids is 1. The fraction of sp³-hybridized carbons (Fsp3) is 0.389. The lowest BCUT2D eigenvalue weighted by atomic mass is 10.0. The van der Waals surface area contributed by atoms with Crippen LogP contribution >= 0.6 is 0 Å². The fourth-order valence-electron chi connectivity index (χ4n) is 2.08. The molecule has 0 spiro atoms. The Hall–Kier alpha value is -2.31. The first-order valence-corrected chi connectivity index (χ1v) is 7.94. The quantitative estimate of drug-likeness (QED) is 0.693. The molecule has 2 amide bonds. The Morgan fingerprint density at radius 2 is 2.12 bits per heavy atom. The summed E-state index contributed by atoms with van der Waals surface area (Å²) in [5.74, 6) is 0.770. The van der Waals surface area contributed by atoms with E-state index in [4.69, 9.17) is 9.15 Å². The molecule has 0 aliphatic rings. The summed E-state index contributed by atoms with van der Waals surface area (Å²) in [6.45, 7) is 4.41. The summed E-state index contributed by atoms with van der Waals surface area (Å²) < 4.78 is 10.8. The molecule has 3 N–H and O–H groups in total. The molecule has 130 valence electrons. The van der Waals surface area contributed by atoms with Gasteiger partial charge in [-0.25, -0.2) is 4.79 Å². The van der Waals surface area contributed by atoms with Crippen molar-refractivity contribution in [3.05, 3.63) is 54.0 Å². The summed E-state index contributed by atoms with van der Waals surface area (Å²) in [4.78, 5) is 12.0. The first kappa shape index (κ1) is 18.0. The number of aliphatic hydroxyl groups is 1. The second-order valence-corrected chi connectivity index (χ2v) is 5.92. The highest BCUT2D eigenvalue weighted by atomic mass is 16.5. The van der Waals surface area contributed by atoms with Crippen molar-refractivity contribution in [2.45, 2.75) is 39.0 Å². The summed E-state index contributed by atoms with van der Waals surface area (Å²) >= 11 is 0. The number of benzene rings is 1. The van der Waals surface area contributed by atoms with Gasteiger partial charge in [-0.2, -0.15) is 0 Å². The van der Waals surface area contributed by atoms with Crippen LogP contribution in [0.1, 0.15) is 31.6 Å². The largest absolute Gasteiger partial charge is 0.467 e. The highest BCUT2D eigenvalue weighted by Gasteiger charge is 2.23. The maximum absolute atomic E-state index is 12.0. The van der Waals surface area contributed by atoms with Crippen LogP contribution in [0.5, 0.6) is 0 Å². The third kappa shape index (κ3) is 5.40. The molecule has 24 heavy (non-hydrogen) atoms. The van der Waals surface area contributed by atoms with Crippen molar-refractivity contribution >= 4 is 11.7 Å². The Morgan fingerprint density at radius 3 is 2.79 bits per heavy atom. The summed E-state index contributed by atoms with van der Waals surface area (Å²) in [6.07, 6.45) is 2.25. The number of amides is 2. The Labute approximate surface area is 141 Å². The van der Waals surface area contributed by atoms with Gasteiger partial charge in [-0.05, 0) is 43.2 Å². The van der Waals surface area contributed by atoms with Gasteiger partial charge in [0.15, 0.2) is 0 Å². The lowest BCUT2D eigenvalue weighted by molar-refractivity contribution is 0.0930. The highest BCUT2D eigenvalue weighted by molar-refractivity contribution is 5.89. The summed E-state index contributed by atoms with van der Waals surface area (Å²) in [7, 11) is 0. The van der Waals surface area contributed by atoms with Crippen molar-refractivity contribution in [3.63, 3.8) is 0 Å². The number of furan rings is 1. The normalized spacial score (nSPS) is 13.3. The van der Waals surface area contributed by atoms with Crippen molar-refractivity contribution in [1.29, 1.82) is 0 Å². The van der Waals surface area contributed by atoms with Crippen LogP contribution in [0.3, 0.4) is 0 Å². The van der Waals surface area contributed by atoms with Gasteiger partial charge >= 0.3 is 6.03 Å². The van der Waals surface area contributed by atoms with Crippen LogP contribution in [0.15, 0.2) is 47.1 Å². The molecule has 1 aromatic heterocycles. The van der Waals surface area contributed by atoms with E-state index in [0.717, 1.165) is 11.3 Å². The van der Waals surface area contributed by atoms with Crippen molar-refractivity contribution in [2.75, 3.05) is 11.9 Å². The summed E-state index contributed by atoms with van der Waals surface area (Å²) in [5.41, 5.74) is 0.983. The monoisotopic (exact) mass is 332 g/mol. The molecule has 0 fully saturated rings. The second-order valence-electron chi connectivity index (χ2n) is 5.92. The number of carbonyl (C=O) groups is 1. The average molecular weight is 332 g/mol. The zero-order chi connectivity index (χ0) is 17.4. The second kappa shape index (κ2) is 8.52. The van der Waals surface area contributed by atoms with Gasteiger partial charge in [-0.15, -0.1) is 0 Å². The van der Waals surface area contributed by atoms with E-state index in [1.807, 2.05) is 37.3 Å². The molecule has 0 aliphatic heterocycles. The number of urea groups is 1. The molecule has 1 unspecified atom stereocenters. The van der Waals surface area contributed by atoms with Gasteiger partial charge in [-0.3, -0.25) is 0 Å². The van der Waals surface area contributed by atoms with Crippen molar-refractivity contribution < 1.29 is 19.1 Å². The minimum atomic E-state index is -0.631. The lowest BCUT2D eigenvalue weighted by Gasteiger charge is -2.27. The standard InChI is InChI=1S/C18H24N2O4/c1-3-18(2,13-21)20-17(22)19-15-7-4-6-14(10-15)11-23-12-16-8-5-9-24-16/h4-10,21H,3,11-13H2,1-2H3,(H2,19,20,22). The molecule has 6 heteroatoms. The number of nitrogens with one attached hydrogen (secondary N) is 2. The maximum Gasteiger partial charge on any atom is 0.319 e. The van der Waals surface area contributed by atoms with Gasteiger partial charge < -0.3 is 24.9 Å². The van der Waals surface area contributed by atoms with Gasteiger partial charge in [-0.1, -0.05) is 19.1 Å². The van der Waals surface area contributed by atoms with E-state index in [1.54, 1.807) is 19.3 Å². The Bertz CT molecular complexity index is 636. The number of anilines is 1. The number of rotatable bonds is 8. The zero-order valence-corrected chi connectivity index (χ0v) is 14.0. The van der Waals surface area contributed by atoms with Crippen molar-refractivity contribution in [1.82, 2.24) is 5.32 Å². The number of ether oxygens (including phenoxy) is 1. The van der Waals surface area contributed by atoms with Gasteiger partial charge in [0.05, 0.1) is 25.0 Å². The van der Waals surface area contributed by atoms with E-state index in [9.17, 15) is 9.90 Å². The topological polar surface area (TPSA) is 83.7 Å². The molecule has 0 saturated heterocycles. The number of hydrogen-bond donors (Lipinski definition) is 3. The number of hydrogen-bond acceptors (Lipinski definition) is 4. The van der Waals surface area contributed by atoms with E-state index < -0.39 is 5.54 Å². The molecule has 1 aromatic carbocycles. The fourth-order valence-corrected chi connectivity index (χ4v) is 2.08. The average Bonchev–Trinajstić information content (AvgIpc) is 3.08. The van der Waals surface area contributed by atoms with E-state index in [0.29, 0.717) is 25.3 Å². The Balaban J connectivity index is 1.86. The molecular weight excluding hydrogens is 308 g/mol. The predicted octanol–water partition coefficient (Wildman–Crippen LogP) is 3.28. The van der Waals surface area contributed by atoms with E-state index >= 15 is 0 Å². The molecular formula is C18H24N2O4. The van der Waals surface area contributed by atoms with E-state index in [2.05, 4.69) is 10.6 Å². The molecule has 1 atom stereocenters. The van der Waals surface area contributed by atoms with Crippen LogP contribution in [0.25, 0.3) is 0 Å². The third-order valence-electron chi connectivity index (χ3n) is 3.82. The van der Waals surface area contributed by atoms with Crippen LogP contribution < -0.4 is 10.6 Å². The predicted molar refractivity (Wildman–Crippen MR) is 91.6 cm³/mol. The third-order valence-corrected chi connectivity index (χ3v) is 3.82. The molecule has 1 heterocycles. The van der Waals surface area contributed by atoms with Gasteiger partial charge in [0.2, 0.25) is 0 Å². The summed E-state index contributed by atoms with van der Waals surface area (Å²) in [6, 6.07) is 10.8. The highest BCUT2D eigenvalue weighted by Crippen LogP contribution is 2.14. The minimum Gasteiger partial charge on any atom is -0.467 e. The van der Waals surface area contributed by atoms with Crippen LogP contribution in [0.2, 0.25) is 0 Å². The zero-order valence-electron chi connectivity index (χ0n) is 14.0. The van der Waals surface area contributed by atoms with Crippen molar-refractivity contribution in [3.8, 4) is 0 Å². The van der Waals surface area contributed by atoms with E-state index in [-0.39, 0.29) is 12.6 Å².